The second-order valence-corrected chi connectivity index (χ2v) is 4.18. The summed E-state index contributed by atoms with van der Waals surface area (Å²) in [7, 11) is 0. The molecule has 0 unspecified atom stereocenters. The van der Waals surface area contributed by atoms with Gasteiger partial charge in [-0.25, -0.2) is 19.6 Å². The predicted octanol–water partition coefficient (Wildman–Crippen LogP) is 0.707. The maximum absolute atomic E-state index is 11.4. The number of carboxylic acids is 1. The molecule has 0 spiro atoms. The number of aliphatic carboxylic acids is 1. The first kappa shape index (κ1) is 13.3. The smallest absolute Gasteiger partial charge is 0.341 e. The van der Waals surface area contributed by atoms with Gasteiger partial charge in [-0.3, -0.25) is 0 Å². The number of anilines is 1. The topological polar surface area (TPSA) is 92.6 Å². The minimum absolute atomic E-state index is 0.261. The largest absolute Gasteiger partial charge is 0.480 e. The van der Waals surface area contributed by atoms with Crippen LogP contribution in [0.3, 0.4) is 0 Å². The number of hydrogen-bond acceptors (Lipinski definition) is 6. The Balaban J connectivity index is 2.14. The molecule has 1 aliphatic heterocycles. The van der Waals surface area contributed by atoms with Gasteiger partial charge >= 0.3 is 11.9 Å². The van der Waals surface area contributed by atoms with Gasteiger partial charge < -0.3 is 14.7 Å². The van der Waals surface area contributed by atoms with Crippen LogP contribution in [0.25, 0.3) is 0 Å². The lowest BCUT2D eigenvalue weighted by atomic mass is 10.2. The van der Waals surface area contributed by atoms with Gasteiger partial charge in [0.15, 0.2) is 0 Å². The fourth-order valence-corrected chi connectivity index (χ4v) is 2.05. The van der Waals surface area contributed by atoms with E-state index in [9.17, 15) is 9.59 Å². The number of nitrogens with zero attached hydrogens (tertiary/aromatic N) is 3. The molecular weight excluding hydrogens is 250 g/mol. The van der Waals surface area contributed by atoms with Gasteiger partial charge in [0.25, 0.3) is 0 Å². The van der Waals surface area contributed by atoms with Gasteiger partial charge in [-0.2, -0.15) is 0 Å². The third kappa shape index (κ3) is 2.81. The molecule has 7 nitrogen and oxygen atoms in total. The van der Waals surface area contributed by atoms with Crippen LogP contribution < -0.4 is 4.90 Å². The third-order valence-electron chi connectivity index (χ3n) is 2.94. The number of aromatic nitrogens is 2. The number of carbonyl (C=O) groups excluding carboxylic acids is 1. The van der Waals surface area contributed by atoms with Gasteiger partial charge in [0, 0.05) is 18.9 Å². The average molecular weight is 265 g/mol. The van der Waals surface area contributed by atoms with Crippen molar-refractivity contribution in [2.75, 3.05) is 18.1 Å². The summed E-state index contributed by atoms with van der Waals surface area (Å²) in [6, 6.07) is -0.589. The van der Waals surface area contributed by atoms with Gasteiger partial charge in [-0.1, -0.05) is 0 Å². The normalized spacial score (nSPS) is 18.4. The van der Waals surface area contributed by atoms with Crippen LogP contribution in [-0.4, -0.2) is 46.2 Å². The average Bonchev–Trinajstić information content (AvgIpc) is 2.88. The molecule has 2 heterocycles. The summed E-state index contributed by atoms with van der Waals surface area (Å²) in [5.74, 6) is -1.03. The highest BCUT2D eigenvalue weighted by Crippen LogP contribution is 2.22. The summed E-state index contributed by atoms with van der Waals surface area (Å²) < 4.78 is 4.83. The van der Waals surface area contributed by atoms with Crippen molar-refractivity contribution in [3.8, 4) is 0 Å². The predicted molar refractivity (Wildman–Crippen MR) is 66.0 cm³/mol. The lowest BCUT2D eigenvalue weighted by molar-refractivity contribution is -0.138. The van der Waals surface area contributed by atoms with Crippen molar-refractivity contribution in [2.45, 2.75) is 25.8 Å². The Labute approximate surface area is 110 Å². The molecule has 1 fully saturated rings. The van der Waals surface area contributed by atoms with Crippen molar-refractivity contribution in [1.29, 1.82) is 0 Å². The van der Waals surface area contributed by atoms with Gasteiger partial charge in [0.05, 0.1) is 12.2 Å². The molecule has 2 rings (SSSR count). The fourth-order valence-electron chi connectivity index (χ4n) is 2.05. The van der Waals surface area contributed by atoms with E-state index in [-0.39, 0.29) is 12.2 Å². The third-order valence-corrected chi connectivity index (χ3v) is 2.94. The SMILES string of the molecule is CCOC(=O)c1cnc(N2CCC[C@@H]2C(=O)O)nc1. The Morgan fingerprint density at radius 2 is 2.16 bits per heavy atom. The first-order chi connectivity index (χ1) is 9.13. The maximum atomic E-state index is 11.4. The second kappa shape index (κ2) is 5.64. The molecule has 0 amide bonds. The summed E-state index contributed by atoms with van der Waals surface area (Å²) >= 11 is 0. The van der Waals surface area contributed by atoms with Crippen molar-refractivity contribution < 1.29 is 19.4 Å². The Morgan fingerprint density at radius 3 is 2.74 bits per heavy atom. The van der Waals surface area contributed by atoms with Crippen LogP contribution in [0.2, 0.25) is 0 Å². The van der Waals surface area contributed by atoms with Crippen LogP contribution >= 0.6 is 0 Å². The summed E-state index contributed by atoms with van der Waals surface area (Å²) in [5.41, 5.74) is 0.261. The van der Waals surface area contributed by atoms with Crippen LogP contribution in [0.4, 0.5) is 5.95 Å². The first-order valence-electron chi connectivity index (χ1n) is 6.12. The summed E-state index contributed by atoms with van der Waals surface area (Å²) in [5, 5.41) is 9.09. The molecule has 0 saturated carbocycles. The molecule has 102 valence electrons. The highest BCUT2D eigenvalue weighted by Gasteiger charge is 2.32. The van der Waals surface area contributed by atoms with Crippen molar-refractivity contribution in [2.24, 2.45) is 0 Å². The molecule has 7 heteroatoms. The van der Waals surface area contributed by atoms with Crippen molar-refractivity contribution in [3.05, 3.63) is 18.0 Å². The minimum atomic E-state index is -0.879. The molecule has 1 aromatic heterocycles. The zero-order valence-corrected chi connectivity index (χ0v) is 10.6. The maximum Gasteiger partial charge on any atom is 0.341 e. The van der Waals surface area contributed by atoms with E-state index in [2.05, 4.69) is 9.97 Å². The molecule has 0 aromatic carbocycles. The van der Waals surface area contributed by atoms with Gasteiger partial charge in [-0.15, -0.1) is 0 Å². The number of ether oxygens (including phenoxy) is 1. The van der Waals surface area contributed by atoms with Crippen LogP contribution in [0.15, 0.2) is 12.4 Å². The van der Waals surface area contributed by atoms with Crippen molar-refractivity contribution >= 4 is 17.9 Å². The summed E-state index contributed by atoms with van der Waals surface area (Å²) in [6.45, 7) is 2.61. The lowest BCUT2D eigenvalue weighted by Crippen LogP contribution is -2.37. The van der Waals surface area contributed by atoms with Crippen LogP contribution in [0, 0.1) is 0 Å². The van der Waals surface area contributed by atoms with E-state index in [4.69, 9.17) is 9.84 Å². The Kier molecular flexibility index (Phi) is 3.94. The van der Waals surface area contributed by atoms with E-state index < -0.39 is 18.0 Å². The van der Waals surface area contributed by atoms with E-state index in [1.807, 2.05) is 0 Å². The Hall–Kier alpha value is -2.18. The highest BCUT2D eigenvalue weighted by atomic mass is 16.5. The molecule has 1 saturated heterocycles. The molecule has 1 aliphatic rings. The van der Waals surface area contributed by atoms with E-state index in [0.29, 0.717) is 18.9 Å². The first-order valence-corrected chi connectivity index (χ1v) is 6.12. The Morgan fingerprint density at radius 1 is 1.47 bits per heavy atom. The fraction of sp³-hybridized carbons (Fsp3) is 0.500. The molecule has 0 bridgehead atoms. The zero-order chi connectivity index (χ0) is 13.8. The van der Waals surface area contributed by atoms with Crippen LogP contribution in [0.1, 0.15) is 30.1 Å². The molecule has 1 atom stereocenters. The monoisotopic (exact) mass is 265 g/mol. The van der Waals surface area contributed by atoms with Gasteiger partial charge in [-0.05, 0) is 19.8 Å². The molecular formula is C12H15N3O4. The van der Waals surface area contributed by atoms with Crippen molar-refractivity contribution in [3.63, 3.8) is 0 Å². The number of rotatable bonds is 4. The van der Waals surface area contributed by atoms with Gasteiger partial charge in [0.1, 0.15) is 6.04 Å². The summed E-state index contributed by atoms with van der Waals surface area (Å²) in [4.78, 5) is 32.2. The van der Waals surface area contributed by atoms with Crippen LogP contribution in [-0.2, 0) is 9.53 Å². The molecule has 0 aliphatic carbocycles. The second-order valence-electron chi connectivity index (χ2n) is 4.18. The number of carbonyl (C=O) groups is 2. The standard InChI is InChI=1S/C12H15N3O4/c1-2-19-11(18)8-6-13-12(14-7-8)15-5-3-4-9(15)10(16)17/h6-7,9H,2-5H2,1H3,(H,16,17)/t9-/m1/s1. The Bertz CT molecular complexity index is 474. The quantitative estimate of drug-likeness (QED) is 0.801. The summed E-state index contributed by atoms with van der Waals surface area (Å²) in [6.07, 6.45) is 4.09. The molecule has 1 aromatic rings. The minimum Gasteiger partial charge on any atom is -0.480 e. The number of hydrogen-bond donors (Lipinski definition) is 1. The highest BCUT2D eigenvalue weighted by molar-refractivity contribution is 5.88. The zero-order valence-electron chi connectivity index (χ0n) is 10.6. The van der Waals surface area contributed by atoms with Gasteiger partial charge in [0.2, 0.25) is 5.95 Å². The molecule has 1 N–H and O–H groups in total. The van der Waals surface area contributed by atoms with Crippen LogP contribution in [0.5, 0.6) is 0 Å². The van der Waals surface area contributed by atoms with E-state index in [1.54, 1.807) is 11.8 Å². The lowest BCUT2D eigenvalue weighted by Gasteiger charge is -2.20. The number of esters is 1. The molecule has 0 radical (unpaired) electrons. The molecule has 19 heavy (non-hydrogen) atoms. The van der Waals surface area contributed by atoms with E-state index in [1.165, 1.54) is 12.4 Å². The van der Waals surface area contributed by atoms with E-state index in [0.717, 1.165) is 6.42 Å². The van der Waals surface area contributed by atoms with Crippen molar-refractivity contribution in [1.82, 2.24) is 9.97 Å². The van der Waals surface area contributed by atoms with E-state index >= 15 is 0 Å². The number of carboxylic acid groups (broad SMARTS) is 1.